The minimum atomic E-state index is -3.66. The van der Waals surface area contributed by atoms with Crippen molar-refractivity contribution in [1.82, 2.24) is 0 Å². The van der Waals surface area contributed by atoms with Gasteiger partial charge >= 0.3 is 6.09 Å². The first-order chi connectivity index (χ1) is 10.4. The summed E-state index contributed by atoms with van der Waals surface area (Å²) < 4.78 is 31.9. The molecule has 2 aromatic rings. The minimum absolute atomic E-state index is 0.131. The number of sulfonamides is 1. The van der Waals surface area contributed by atoms with E-state index < -0.39 is 16.1 Å². The summed E-state index contributed by atoms with van der Waals surface area (Å²) >= 11 is 6.71. The molecule has 0 spiro atoms. The molecule has 22 heavy (non-hydrogen) atoms. The van der Waals surface area contributed by atoms with Crippen molar-refractivity contribution in [2.75, 3.05) is 16.6 Å². The van der Waals surface area contributed by atoms with Crippen molar-refractivity contribution in [3.8, 4) is 0 Å². The monoisotopic (exact) mass is 360 g/mol. The van der Waals surface area contributed by atoms with Crippen LogP contribution in [0.15, 0.2) is 40.6 Å². The van der Waals surface area contributed by atoms with Gasteiger partial charge in [0.15, 0.2) is 0 Å². The molecule has 0 unspecified atom stereocenters. The molecule has 0 saturated carbocycles. The van der Waals surface area contributed by atoms with E-state index in [2.05, 4.69) is 10.0 Å². The highest BCUT2D eigenvalue weighted by Gasteiger charge is 2.16. The first kappa shape index (κ1) is 16.6. The Bertz CT molecular complexity index is 757. The molecule has 0 radical (unpaired) electrons. The summed E-state index contributed by atoms with van der Waals surface area (Å²) in [6.45, 7) is 1.97. The number of nitrogens with one attached hydrogen (secondary N) is 2. The van der Waals surface area contributed by atoms with Crippen molar-refractivity contribution in [2.45, 2.75) is 11.1 Å². The van der Waals surface area contributed by atoms with Gasteiger partial charge in [0, 0.05) is 11.4 Å². The van der Waals surface area contributed by atoms with Crippen molar-refractivity contribution in [3.63, 3.8) is 0 Å². The first-order valence-corrected chi connectivity index (χ1v) is 8.90. The molecule has 0 aliphatic rings. The van der Waals surface area contributed by atoms with E-state index in [4.69, 9.17) is 16.3 Å². The highest BCUT2D eigenvalue weighted by atomic mass is 35.5. The van der Waals surface area contributed by atoms with Gasteiger partial charge in [0.1, 0.15) is 4.21 Å². The van der Waals surface area contributed by atoms with Crippen molar-refractivity contribution in [2.24, 2.45) is 0 Å². The average molecular weight is 361 g/mol. The number of hydrogen-bond acceptors (Lipinski definition) is 5. The van der Waals surface area contributed by atoms with E-state index in [1.807, 2.05) is 0 Å². The zero-order valence-corrected chi connectivity index (χ0v) is 13.9. The standard InChI is InChI=1S/C13H13ClN2O4S2/c1-2-20-13(17)15-9-3-5-10(6-4-9)16-22(18,19)12-8-7-11(14)21-12/h3-8,16H,2H2,1H3,(H,15,17). The van der Waals surface area contributed by atoms with E-state index in [1.54, 1.807) is 19.1 Å². The van der Waals surface area contributed by atoms with Crippen LogP contribution in [0.3, 0.4) is 0 Å². The third-order valence-corrected chi connectivity index (χ3v) is 5.58. The van der Waals surface area contributed by atoms with E-state index >= 15 is 0 Å². The van der Waals surface area contributed by atoms with Gasteiger partial charge in [0.05, 0.1) is 10.9 Å². The lowest BCUT2D eigenvalue weighted by Crippen LogP contribution is -2.14. The minimum Gasteiger partial charge on any atom is -0.450 e. The molecule has 118 valence electrons. The number of benzene rings is 1. The third kappa shape index (κ3) is 4.36. The predicted octanol–water partition coefficient (Wildman–Crippen LogP) is 3.77. The second-order valence-electron chi connectivity index (χ2n) is 4.09. The Labute approximate surface area is 137 Å². The number of carbonyl (C=O) groups is 1. The van der Waals surface area contributed by atoms with Crippen LogP contribution in [0.5, 0.6) is 0 Å². The highest BCUT2D eigenvalue weighted by molar-refractivity contribution is 7.94. The predicted molar refractivity (Wildman–Crippen MR) is 87.2 cm³/mol. The van der Waals surface area contributed by atoms with Gasteiger partial charge in [-0.2, -0.15) is 0 Å². The number of carbonyl (C=O) groups excluding carboxylic acids is 1. The Hall–Kier alpha value is -1.77. The highest BCUT2D eigenvalue weighted by Crippen LogP contribution is 2.27. The molecule has 1 amide bonds. The quantitative estimate of drug-likeness (QED) is 0.849. The molecule has 0 bridgehead atoms. The molecule has 0 aliphatic carbocycles. The van der Waals surface area contributed by atoms with Crippen molar-refractivity contribution < 1.29 is 17.9 Å². The molecular formula is C13H13ClN2O4S2. The first-order valence-electron chi connectivity index (χ1n) is 6.22. The Morgan fingerprint density at radius 1 is 1.18 bits per heavy atom. The lowest BCUT2D eigenvalue weighted by atomic mass is 10.3. The molecular weight excluding hydrogens is 348 g/mol. The lowest BCUT2D eigenvalue weighted by Gasteiger charge is -2.08. The fraction of sp³-hybridized carbons (Fsp3) is 0.154. The van der Waals surface area contributed by atoms with Gasteiger partial charge in [-0.3, -0.25) is 10.0 Å². The van der Waals surface area contributed by atoms with Gasteiger partial charge in [-0.25, -0.2) is 13.2 Å². The van der Waals surface area contributed by atoms with Gasteiger partial charge in [0.25, 0.3) is 10.0 Å². The Morgan fingerprint density at radius 2 is 1.82 bits per heavy atom. The van der Waals surface area contributed by atoms with Crippen LogP contribution >= 0.6 is 22.9 Å². The van der Waals surface area contributed by atoms with Crippen LogP contribution in [0.1, 0.15) is 6.92 Å². The summed E-state index contributed by atoms with van der Waals surface area (Å²) in [5.41, 5.74) is 0.875. The molecule has 2 N–H and O–H groups in total. The molecule has 0 fully saturated rings. The molecule has 0 aliphatic heterocycles. The summed E-state index contributed by atoms with van der Waals surface area (Å²) in [5, 5.41) is 2.51. The molecule has 0 saturated heterocycles. The Kier molecular flexibility index (Phi) is 5.28. The molecule has 6 nitrogen and oxygen atoms in total. The smallest absolute Gasteiger partial charge is 0.411 e. The fourth-order valence-electron chi connectivity index (χ4n) is 1.55. The van der Waals surface area contributed by atoms with E-state index in [-0.39, 0.29) is 10.8 Å². The number of thiophene rings is 1. The number of rotatable bonds is 5. The normalized spacial score (nSPS) is 11.0. The van der Waals surface area contributed by atoms with E-state index in [0.29, 0.717) is 15.7 Å². The van der Waals surface area contributed by atoms with Crippen molar-refractivity contribution >= 4 is 50.4 Å². The zero-order valence-electron chi connectivity index (χ0n) is 11.5. The largest absolute Gasteiger partial charge is 0.450 e. The Morgan fingerprint density at radius 3 is 2.36 bits per heavy atom. The maximum Gasteiger partial charge on any atom is 0.411 e. The van der Waals surface area contributed by atoms with Crippen molar-refractivity contribution in [1.29, 1.82) is 0 Å². The number of amides is 1. The van der Waals surface area contributed by atoms with Crippen LogP contribution in [0.4, 0.5) is 16.2 Å². The van der Waals surface area contributed by atoms with Gasteiger partial charge in [-0.1, -0.05) is 11.6 Å². The summed E-state index contributed by atoms with van der Waals surface area (Å²) in [4.78, 5) is 11.3. The molecule has 0 atom stereocenters. The van der Waals surface area contributed by atoms with Gasteiger partial charge < -0.3 is 4.74 Å². The van der Waals surface area contributed by atoms with E-state index in [0.717, 1.165) is 11.3 Å². The molecule has 1 aromatic heterocycles. The van der Waals surface area contributed by atoms with Crippen LogP contribution in [0.2, 0.25) is 4.34 Å². The Balaban J connectivity index is 2.06. The number of ether oxygens (including phenoxy) is 1. The second kappa shape index (κ2) is 6.99. The number of anilines is 2. The summed E-state index contributed by atoms with van der Waals surface area (Å²) in [6.07, 6.45) is -0.566. The van der Waals surface area contributed by atoms with E-state index in [1.165, 1.54) is 24.3 Å². The molecule has 1 aromatic carbocycles. The maximum absolute atomic E-state index is 12.1. The van der Waals surface area contributed by atoms with Gasteiger partial charge in [-0.05, 0) is 43.3 Å². The number of halogens is 1. The zero-order chi connectivity index (χ0) is 16.2. The third-order valence-electron chi connectivity index (χ3n) is 2.47. The molecule has 2 rings (SSSR count). The topological polar surface area (TPSA) is 84.5 Å². The summed E-state index contributed by atoms with van der Waals surface area (Å²) in [7, 11) is -3.66. The molecule has 9 heteroatoms. The fourth-order valence-corrected chi connectivity index (χ4v) is 4.10. The van der Waals surface area contributed by atoms with E-state index in [9.17, 15) is 13.2 Å². The average Bonchev–Trinajstić information content (AvgIpc) is 2.88. The lowest BCUT2D eigenvalue weighted by molar-refractivity contribution is 0.168. The van der Waals surface area contributed by atoms with Crippen LogP contribution < -0.4 is 10.0 Å². The molecule has 1 heterocycles. The second-order valence-corrected chi connectivity index (χ2v) is 7.71. The van der Waals surface area contributed by atoms with Gasteiger partial charge in [-0.15, -0.1) is 11.3 Å². The SMILES string of the molecule is CCOC(=O)Nc1ccc(NS(=O)(=O)c2ccc(Cl)s2)cc1. The van der Waals surface area contributed by atoms with Crippen molar-refractivity contribution in [3.05, 3.63) is 40.7 Å². The summed E-state index contributed by atoms with van der Waals surface area (Å²) in [6, 6.07) is 9.16. The van der Waals surface area contributed by atoms with Crippen LogP contribution in [-0.4, -0.2) is 21.1 Å². The summed E-state index contributed by atoms with van der Waals surface area (Å²) in [5.74, 6) is 0. The van der Waals surface area contributed by atoms with Crippen LogP contribution in [-0.2, 0) is 14.8 Å². The number of hydrogen-bond donors (Lipinski definition) is 2. The maximum atomic E-state index is 12.1. The van der Waals surface area contributed by atoms with Crippen LogP contribution in [0.25, 0.3) is 0 Å². The van der Waals surface area contributed by atoms with Crippen LogP contribution in [0, 0.1) is 0 Å². The van der Waals surface area contributed by atoms with Gasteiger partial charge in [0.2, 0.25) is 0 Å².